The lowest BCUT2D eigenvalue weighted by molar-refractivity contribution is -0.140. The molecule has 0 fully saturated rings. The van der Waals surface area contributed by atoms with Crippen LogP contribution in [0.3, 0.4) is 0 Å². The first-order chi connectivity index (χ1) is 11.1. The standard InChI is InChI=1S/C18H28N2O3/c1-4-9-17(21)20(14-16-10-6-5-7-11-16)15(2)18(22)19-12-8-13-23-3/h5-7,10-11,15H,4,8-9,12-14H2,1-3H3,(H,19,22). The number of carbonyl (C=O) groups excluding carboxylic acids is 2. The molecule has 1 unspecified atom stereocenters. The van der Waals surface area contributed by atoms with Crippen LogP contribution in [-0.2, 0) is 20.9 Å². The van der Waals surface area contributed by atoms with E-state index in [-0.39, 0.29) is 11.8 Å². The molecule has 0 aliphatic carbocycles. The van der Waals surface area contributed by atoms with Crippen LogP contribution in [-0.4, -0.2) is 43.0 Å². The molecule has 23 heavy (non-hydrogen) atoms. The maximum absolute atomic E-state index is 12.4. The number of nitrogens with one attached hydrogen (secondary N) is 1. The highest BCUT2D eigenvalue weighted by Gasteiger charge is 2.25. The second-order valence-corrected chi connectivity index (χ2v) is 5.57. The third-order valence-electron chi connectivity index (χ3n) is 3.65. The van der Waals surface area contributed by atoms with Crippen molar-refractivity contribution in [2.45, 2.75) is 45.7 Å². The highest BCUT2D eigenvalue weighted by Crippen LogP contribution is 2.11. The van der Waals surface area contributed by atoms with Gasteiger partial charge in [-0.2, -0.15) is 0 Å². The fraction of sp³-hybridized carbons (Fsp3) is 0.556. The van der Waals surface area contributed by atoms with Gasteiger partial charge in [-0.15, -0.1) is 0 Å². The van der Waals surface area contributed by atoms with Crippen LogP contribution in [0.25, 0.3) is 0 Å². The molecular weight excluding hydrogens is 292 g/mol. The van der Waals surface area contributed by atoms with Gasteiger partial charge in [-0.1, -0.05) is 37.3 Å². The maximum Gasteiger partial charge on any atom is 0.242 e. The summed E-state index contributed by atoms with van der Waals surface area (Å²) in [4.78, 5) is 26.4. The number of nitrogens with zero attached hydrogens (tertiary/aromatic N) is 1. The Hall–Kier alpha value is -1.88. The van der Waals surface area contributed by atoms with Crippen molar-refractivity contribution < 1.29 is 14.3 Å². The van der Waals surface area contributed by atoms with Crippen molar-refractivity contribution in [3.63, 3.8) is 0 Å². The first-order valence-electron chi connectivity index (χ1n) is 8.20. The Labute approximate surface area is 139 Å². The lowest BCUT2D eigenvalue weighted by Gasteiger charge is -2.28. The molecule has 0 spiro atoms. The van der Waals surface area contributed by atoms with E-state index in [2.05, 4.69) is 5.32 Å². The van der Waals surface area contributed by atoms with E-state index in [1.54, 1.807) is 18.9 Å². The molecule has 5 nitrogen and oxygen atoms in total. The number of benzene rings is 1. The smallest absolute Gasteiger partial charge is 0.242 e. The predicted molar refractivity (Wildman–Crippen MR) is 90.9 cm³/mol. The van der Waals surface area contributed by atoms with E-state index in [4.69, 9.17) is 4.74 Å². The number of hydrogen-bond donors (Lipinski definition) is 1. The Morgan fingerprint density at radius 3 is 2.57 bits per heavy atom. The van der Waals surface area contributed by atoms with Crippen LogP contribution in [0.4, 0.5) is 0 Å². The van der Waals surface area contributed by atoms with E-state index < -0.39 is 6.04 Å². The highest BCUT2D eigenvalue weighted by atomic mass is 16.5. The van der Waals surface area contributed by atoms with Crippen LogP contribution < -0.4 is 5.32 Å². The van der Waals surface area contributed by atoms with Gasteiger partial charge in [-0.25, -0.2) is 0 Å². The van der Waals surface area contributed by atoms with E-state index >= 15 is 0 Å². The molecule has 5 heteroatoms. The average molecular weight is 320 g/mol. The molecule has 0 aliphatic rings. The van der Waals surface area contributed by atoms with Crippen molar-refractivity contribution >= 4 is 11.8 Å². The van der Waals surface area contributed by atoms with Gasteiger partial charge in [0.05, 0.1) is 0 Å². The van der Waals surface area contributed by atoms with E-state index in [1.807, 2.05) is 37.3 Å². The Morgan fingerprint density at radius 2 is 1.96 bits per heavy atom. The predicted octanol–water partition coefficient (Wildman–Crippen LogP) is 2.36. The molecule has 1 N–H and O–H groups in total. The second-order valence-electron chi connectivity index (χ2n) is 5.57. The molecule has 1 aromatic rings. The van der Waals surface area contributed by atoms with Gasteiger partial charge in [0, 0.05) is 33.2 Å². The van der Waals surface area contributed by atoms with Gasteiger partial charge in [-0.05, 0) is 25.3 Å². The summed E-state index contributed by atoms with van der Waals surface area (Å²) in [5.41, 5.74) is 1.02. The zero-order chi connectivity index (χ0) is 17.1. The summed E-state index contributed by atoms with van der Waals surface area (Å²) in [7, 11) is 1.63. The molecule has 0 heterocycles. The lowest BCUT2D eigenvalue weighted by atomic mass is 10.1. The van der Waals surface area contributed by atoms with E-state index in [0.29, 0.717) is 26.1 Å². The van der Waals surface area contributed by atoms with Crippen molar-refractivity contribution in [1.29, 1.82) is 0 Å². The first kappa shape index (κ1) is 19.2. The summed E-state index contributed by atoms with van der Waals surface area (Å²) in [6, 6.07) is 9.26. The first-order valence-corrected chi connectivity index (χ1v) is 8.20. The number of ether oxygens (including phenoxy) is 1. The van der Waals surface area contributed by atoms with Crippen LogP contribution in [0.15, 0.2) is 30.3 Å². The largest absolute Gasteiger partial charge is 0.385 e. The molecule has 128 valence electrons. The topological polar surface area (TPSA) is 58.6 Å². The van der Waals surface area contributed by atoms with Crippen LogP contribution >= 0.6 is 0 Å². The monoisotopic (exact) mass is 320 g/mol. The zero-order valence-corrected chi connectivity index (χ0v) is 14.4. The quantitative estimate of drug-likeness (QED) is 0.673. The Bertz CT molecular complexity index is 476. The van der Waals surface area contributed by atoms with Gasteiger partial charge in [0.25, 0.3) is 0 Å². The molecule has 0 aliphatic heterocycles. The minimum atomic E-state index is -0.489. The van der Waals surface area contributed by atoms with Crippen LogP contribution in [0.1, 0.15) is 38.7 Å². The number of amides is 2. The molecule has 1 aromatic carbocycles. The van der Waals surface area contributed by atoms with E-state index in [9.17, 15) is 9.59 Å². The van der Waals surface area contributed by atoms with Gasteiger partial charge in [0.15, 0.2) is 0 Å². The molecule has 2 amide bonds. The fourth-order valence-electron chi connectivity index (χ4n) is 2.30. The molecule has 0 saturated heterocycles. The van der Waals surface area contributed by atoms with Crippen molar-refractivity contribution in [3.05, 3.63) is 35.9 Å². The number of hydrogen-bond acceptors (Lipinski definition) is 3. The average Bonchev–Trinajstić information content (AvgIpc) is 2.57. The molecule has 1 atom stereocenters. The Morgan fingerprint density at radius 1 is 1.26 bits per heavy atom. The van der Waals surface area contributed by atoms with Crippen LogP contribution in [0, 0.1) is 0 Å². The third-order valence-corrected chi connectivity index (χ3v) is 3.65. The third kappa shape index (κ3) is 6.82. The van der Waals surface area contributed by atoms with Crippen LogP contribution in [0.5, 0.6) is 0 Å². The Kier molecular flexibility index (Phi) is 8.98. The van der Waals surface area contributed by atoms with Crippen molar-refractivity contribution in [2.75, 3.05) is 20.3 Å². The number of rotatable bonds is 10. The van der Waals surface area contributed by atoms with Crippen molar-refractivity contribution in [3.8, 4) is 0 Å². The molecular formula is C18H28N2O3. The summed E-state index contributed by atoms with van der Waals surface area (Å²) in [6.45, 7) is 5.36. The van der Waals surface area contributed by atoms with Gasteiger partial charge >= 0.3 is 0 Å². The van der Waals surface area contributed by atoms with Crippen molar-refractivity contribution in [2.24, 2.45) is 0 Å². The summed E-state index contributed by atoms with van der Waals surface area (Å²) in [5.74, 6) is -0.114. The minimum absolute atomic E-state index is 0.0101. The SMILES string of the molecule is CCCC(=O)N(Cc1ccccc1)C(C)C(=O)NCCCOC. The van der Waals surface area contributed by atoms with Gasteiger partial charge in [0.2, 0.25) is 11.8 Å². The Balaban J connectivity index is 2.70. The van der Waals surface area contributed by atoms with E-state index in [1.165, 1.54) is 0 Å². The van der Waals surface area contributed by atoms with Gasteiger partial charge in [-0.3, -0.25) is 9.59 Å². The molecule has 0 saturated carbocycles. The van der Waals surface area contributed by atoms with Gasteiger partial charge < -0.3 is 15.0 Å². The van der Waals surface area contributed by atoms with E-state index in [0.717, 1.165) is 18.4 Å². The second kappa shape index (κ2) is 10.8. The fourth-order valence-corrected chi connectivity index (χ4v) is 2.30. The zero-order valence-electron chi connectivity index (χ0n) is 14.4. The molecule has 0 radical (unpaired) electrons. The molecule has 0 aromatic heterocycles. The number of methoxy groups -OCH3 is 1. The summed E-state index contributed by atoms with van der Waals surface area (Å²) in [5, 5.41) is 2.87. The lowest BCUT2D eigenvalue weighted by Crippen LogP contribution is -2.47. The van der Waals surface area contributed by atoms with Gasteiger partial charge in [0.1, 0.15) is 6.04 Å². The highest BCUT2D eigenvalue weighted by molar-refractivity contribution is 5.87. The number of carbonyl (C=O) groups is 2. The van der Waals surface area contributed by atoms with Crippen LogP contribution in [0.2, 0.25) is 0 Å². The molecule has 0 bridgehead atoms. The van der Waals surface area contributed by atoms with Crippen molar-refractivity contribution in [1.82, 2.24) is 10.2 Å². The normalized spacial score (nSPS) is 11.8. The maximum atomic E-state index is 12.4. The minimum Gasteiger partial charge on any atom is -0.385 e. The summed E-state index contributed by atoms with van der Waals surface area (Å²) >= 11 is 0. The summed E-state index contributed by atoms with van der Waals surface area (Å²) in [6.07, 6.45) is 1.98. The summed E-state index contributed by atoms with van der Waals surface area (Å²) < 4.78 is 4.96. The molecule has 1 rings (SSSR count).